The van der Waals surface area contributed by atoms with E-state index in [0.717, 1.165) is 12.2 Å². The molecule has 0 amide bonds. The van der Waals surface area contributed by atoms with Crippen LogP contribution in [0.4, 0.5) is 0 Å². The number of aromatic nitrogens is 1. The van der Waals surface area contributed by atoms with E-state index in [9.17, 15) is 0 Å². The number of alkyl halides is 1. The van der Waals surface area contributed by atoms with E-state index in [0.29, 0.717) is 5.92 Å². The summed E-state index contributed by atoms with van der Waals surface area (Å²) in [5.74, 6) is 1.30. The molecule has 1 aromatic heterocycles. The lowest BCUT2D eigenvalue weighted by molar-refractivity contribution is 0.241. The van der Waals surface area contributed by atoms with Gasteiger partial charge in [0.1, 0.15) is 5.75 Å². The fourth-order valence-electron chi connectivity index (χ4n) is 2.27. The molecule has 2 atom stereocenters. The molecule has 1 fully saturated rings. The zero-order chi connectivity index (χ0) is 11.5. The van der Waals surface area contributed by atoms with Crippen molar-refractivity contribution in [2.24, 2.45) is 0 Å². The summed E-state index contributed by atoms with van der Waals surface area (Å²) in [7, 11) is 0. The van der Waals surface area contributed by atoms with E-state index < -0.39 is 0 Å². The van der Waals surface area contributed by atoms with E-state index in [4.69, 9.17) is 16.3 Å². The maximum absolute atomic E-state index is 6.30. The Labute approximate surface area is 102 Å². The van der Waals surface area contributed by atoms with Gasteiger partial charge in [0.15, 0.2) is 0 Å². The van der Waals surface area contributed by atoms with Gasteiger partial charge in [-0.05, 0) is 38.3 Å². The first-order valence-electron chi connectivity index (χ1n) is 5.92. The van der Waals surface area contributed by atoms with Crippen molar-refractivity contribution in [2.75, 3.05) is 0 Å². The Morgan fingerprint density at radius 3 is 2.81 bits per heavy atom. The summed E-state index contributed by atoms with van der Waals surface area (Å²) < 4.78 is 5.64. The van der Waals surface area contributed by atoms with Crippen molar-refractivity contribution >= 4 is 11.6 Å². The zero-order valence-corrected chi connectivity index (χ0v) is 10.6. The first kappa shape index (κ1) is 11.7. The van der Waals surface area contributed by atoms with Crippen molar-refractivity contribution in [1.29, 1.82) is 0 Å². The van der Waals surface area contributed by atoms with Gasteiger partial charge in [0.25, 0.3) is 0 Å². The Bertz CT molecular complexity index is 354. The highest BCUT2D eigenvalue weighted by Gasteiger charge is 2.27. The Morgan fingerprint density at radius 2 is 2.19 bits per heavy atom. The van der Waals surface area contributed by atoms with Crippen LogP contribution in [0.15, 0.2) is 18.5 Å². The van der Waals surface area contributed by atoms with Crippen LogP contribution in [0.5, 0.6) is 5.75 Å². The Balaban J connectivity index is 2.15. The highest BCUT2D eigenvalue weighted by atomic mass is 35.5. The molecule has 0 aromatic carbocycles. The lowest BCUT2D eigenvalue weighted by Gasteiger charge is -2.15. The van der Waals surface area contributed by atoms with E-state index in [1.54, 1.807) is 6.20 Å². The maximum Gasteiger partial charge on any atom is 0.138 e. The standard InChI is InChI=1S/C13H18ClNO/c1-9(2)16-11-6-10(7-15-8-11)12-4-3-5-13(12)14/h6-9,12-13H,3-5H2,1-2H3. The molecule has 16 heavy (non-hydrogen) atoms. The molecule has 1 saturated carbocycles. The topological polar surface area (TPSA) is 22.1 Å². The smallest absolute Gasteiger partial charge is 0.138 e. The number of pyridine rings is 1. The second-order valence-corrected chi connectivity index (χ2v) is 5.23. The fourth-order valence-corrected chi connectivity index (χ4v) is 2.69. The van der Waals surface area contributed by atoms with Gasteiger partial charge >= 0.3 is 0 Å². The Hall–Kier alpha value is -0.760. The number of rotatable bonds is 3. The second-order valence-electron chi connectivity index (χ2n) is 4.67. The average Bonchev–Trinajstić information content (AvgIpc) is 2.64. The maximum atomic E-state index is 6.30. The normalized spacial score (nSPS) is 25.0. The van der Waals surface area contributed by atoms with Crippen molar-refractivity contribution in [3.8, 4) is 5.75 Å². The largest absolute Gasteiger partial charge is 0.489 e. The fraction of sp³-hybridized carbons (Fsp3) is 0.615. The van der Waals surface area contributed by atoms with Crippen LogP contribution in [0.3, 0.4) is 0 Å². The Morgan fingerprint density at radius 1 is 1.38 bits per heavy atom. The van der Waals surface area contributed by atoms with Gasteiger partial charge in [-0.1, -0.05) is 6.42 Å². The SMILES string of the molecule is CC(C)Oc1cncc(C2CCCC2Cl)c1. The van der Waals surface area contributed by atoms with Gasteiger partial charge in [0, 0.05) is 17.5 Å². The molecule has 1 aromatic rings. The van der Waals surface area contributed by atoms with Crippen molar-refractivity contribution < 1.29 is 4.74 Å². The van der Waals surface area contributed by atoms with Crippen molar-refractivity contribution in [2.45, 2.75) is 50.5 Å². The second kappa shape index (κ2) is 5.05. The van der Waals surface area contributed by atoms with Crippen LogP contribution in [0, 0.1) is 0 Å². The molecule has 1 aliphatic carbocycles. The lowest BCUT2D eigenvalue weighted by atomic mass is 9.99. The van der Waals surface area contributed by atoms with E-state index in [2.05, 4.69) is 11.1 Å². The summed E-state index contributed by atoms with van der Waals surface area (Å²) in [6, 6.07) is 2.08. The monoisotopic (exact) mass is 239 g/mol. The number of ether oxygens (including phenoxy) is 1. The van der Waals surface area contributed by atoms with E-state index in [1.807, 2.05) is 20.0 Å². The van der Waals surface area contributed by atoms with Gasteiger partial charge in [0.2, 0.25) is 0 Å². The molecular formula is C13H18ClNO. The summed E-state index contributed by atoms with van der Waals surface area (Å²) in [4.78, 5) is 4.23. The molecule has 88 valence electrons. The number of halogens is 1. The quantitative estimate of drug-likeness (QED) is 0.750. The van der Waals surface area contributed by atoms with Crippen LogP contribution in [0.2, 0.25) is 0 Å². The molecule has 0 N–H and O–H groups in total. The number of hydrogen-bond donors (Lipinski definition) is 0. The molecule has 1 aliphatic rings. The van der Waals surface area contributed by atoms with Gasteiger partial charge in [0.05, 0.1) is 12.3 Å². The lowest BCUT2D eigenvalue weighted by Crippen LogP contribution is -2.08. The van der Waals surface area contributed by atoms with Gasteiger partial charge < -0.3 is 4.74 Å². The molecule has 0 saturated heterocycles. The molecule has 0 radical (unpaired) electrons. The van der Waals surface area contributed by atoms with E-state index in [-0.39, 0.29) is 11.5 Å². The van der Waals surface area contributed by atoms with Crippen LogP contribution < -0.4 is 4.74 Å². The molecule has 2 rings (SSSR count). The highest BCUT2D eigenvalue weighted by molar-refractivity contribution is 6.21. The summed E-state index contributed by atoms with van der Waals surface area (Å²) in [5, 5.41) is 0.260. The summed E-state index contributed by atoms with van der Waals surface area (Å²) in [6.07, 6.45) is 7.36. The minimum absolute atomic E-state index is 0.187. The summed E-state index contributed by atoms with van der Waals surface area (Å²) in [5.41, 5.74) is 1.22. The Kier molecular flexibility index (Phi) is 3.70. The molecule has 0 aliphatic heterocycles. The van der Waals surface area contributed by atoms with Crippen LogP contribution in [-0.4, -0.2) is 16.5 Å². The molecule has 3 heteroatoms. The molecule has 0 spiro atoms. The number of hydrogen-bond acceptors (Lipinski definition) is 2. The van der Waals surface area contributed by atoms with Crippen LogP contribution in [0.1, 0.15) is 44.6 Å². The van der Waals surface area contributed by atoms with Crippen molar-refractivity contribution in [3.05, 3.63) is 24.0 Å². The third kappa shape index (κ3) is 2.67. The van der Waals surface area contributed by atoms with E-state index >= 15 is 0 Å². The minimum Gasteiger partial charge on any atom is -0.489 e. The zero-order valence-electron chi connectivity index (χ0n) is 9.82. The molecular weight excluding hydrogens is 222 g/mol. The van der Waals surface area contributed by atoms with Gasteiger partial charge in [-0.15, -0.1) is 11.6 Å². The average molecular weight is 240 g/mol. The van der Waals surface area contributed by atoms with Gasteiger partial charge in [-0.25, -0.2) is 0 Å². The highest BCUT2D eigenvalue weighted by Crippen LogP contribution is 2.38. The van der Waals surface area contributed by atoms with Crippen LogP contribution in [0.25, 0.3) is 0 Å². The predicted octanol–water partition coefficient (Wildman–Crippen LogP) is 3.74. The van der Waals surface area contributed by atoms with Crippen molar-refractivity contribution in [3.63, 3.8) is 0 Å². The first-order valence-corrected chi connectivity index (χ1v) is 6.36. The number of nitrogens with zero attached hydrogens (tertiary/aromatic N) is 1. The molecule has 2 unspecified atom stereocenters. The van der Waals surface area contributed by atoms with Crippen LogP contribution >= 0.6 is 11.6 Å². The van der Waals surface area contributed by atoms with Gasteiger partial charge in [-0.3, -0.25) is 4.98 Å². The molecule has 0 bridgehead atoms. The molecule has 2 nitrogen and oxygen atoms in total. The summed E-state index contributed by atoms with van der Waals surface area (Å²) >= 11 is 6.30. The predicted molar refractivity (Wildman–Crippen MR) is 66.2 cm³/mol. The van der Waals surface area contributed by atoms with Crippen molar-refractivity contribution in [1.82, 2.24) is 4.98 Å². The molecule has 1 heterocycles. The van der Waals surface area contributed by atoms with Gasteiger partial charge in [-0.2, -0.15) is 0 Å². The third-order valence-electron chi connectivity index (χ3n) is 2.97. The summed E-state index contributed by atoms with van der Waals surface area (Å²) in [6.45, 7) is 4.04. The van der Waals surface area contributed by atoms with Crippen LogP contribution in [-0.2, 0) is 0 Å². The minimum atomic E-state index is 0.187. The van der Waals surface area contributed by atoms with E-state index in [1.165, 1.54) is 18.4 Å². The first-order chi connectivity index (χ1) is 7.66. The third-order valence-corrected chi connectivity index (χ3v) is 3.49.